The van der Waals surface area contributed by atoms with E-state index in [0.29, 0.717) is 0 Å². The summed E-state index contributed by atoms with van der Waals surface area (Å²) in [6, 6.07) is 4.54. The minimum Gasteiger partial charge on any atom is -0.504 e. The molecule has 4 heteroatoms. The van der Waals surface area contributed by atoms with Crippen molar-refractivity contribution < 1.29 is 14.6 Å². The van der Waals surface area contributed by atoms with Crippen LogP contribution in [0, 0.1) is 11.5 Å². The Morgan fingerprint density at radius 1 is 1.50 bits per heavy atom. The number of hydrogen-bond acceptors (Lipinski definition) is 4. The lowest BCUT2D eigenvalue weighted by atomic mass is 10.3. The van der Waals surface area contributed by atoms with Crippen LogP contribution >= 0.6 is 0 Å². The van der Waals surface area contributed by atoms with E-state index in [1.807, 2.05) is 0 Å². The van der Waals surface area contributed by atoms with Crippen molar-refractivity contribution in [2.24, 2.45) is 0 Å². The van der Waals surface area contributed by atoms with Crippen molar-refractivity contribution >= 4 is 0 Å². The highest BCUT2D eigenvalue weighted by Gasteiger charge is 2.08. The first kappa shape index (κ1) is 8.21. The second kappa shape index (κ2) is 3.49. The molecule has 4 nitrogen and oxygen atoms in total. The average Bonchev–Trinajstić information content (AvgIpc) is 2.05. The molecule has 62 valence electrons. The van der Waals surface area contributed by atoms with E-state index in [2.05, 4.69) is 4.74 Å². The van der Waals surface area contributed by atoms with Gasteiger partial charge in [-0.05, 0) is 12.1 Å². The van der Waals surface area contributed by atoms with Crippen LogP contribution in [0.15, 0.2) is 18.2 Å². The number of nitrogens with zero attached hydrogens (tertiary/aromatic N) is 1. The summed E-state index contributed by atoms with van der Waals surface area (Å²) in [5.74, 6) is 0.323. The third kappa shape index (κ3) is 1.40. The first-order chi connectivity index (χ1) is 5.79. The van der Waals surface area contributed by atoms with Crippen LogP contribution in [0.5, 0.6) is 17.2 Å². The molecule has 12 heavy (non-hydrogen) atoms. The number of hydrogen-bond donors (Lipinski definition) is 1. The number of methoxy groups -OCH3 is 1. The minimum absolute atomic E-state index is 0.0507. The van der Waals surface area contributed by atoms with Crippen molar-refractivity contribution in [1.82, 2.24) is 0 Å². The second-order valence-corrected chi connectivity index (χ2v) is 2.00. The molecule has 0 radical (unpaired) electrons. The number of phenolic OH excluding ortho intramolecular Hbond substituents is 1. The molecule has 1 aromatic rings. The van der Waals surface area contributed by atoms with Gasteiger partial charge in [0.15, 0.2) is 11.5 Å². The highest BCUT2D eigenvalue weighted by Crippen LogP contribution is 2.35. The fraction of sp³-hybridized carbons (Fsp3) is 0.125. The zero-order chi connectivity index (χ0) is 8.97. The van der Waals surface area contributed by atoms with E-state index in [0.717, 1.165) is 0 Å². The molecule has 0 spiro atoms. The summed E-state index contributed by atoms with van der Waals surface area (Å²) in [5.41, 5.74) is 0. The Balaban J connectivity index is 3.11. The Labute approximate surface area is 69.6 Å². The topological polar surface area (TPSA) is 62.5 Å². The van der Waals surface area contributed by atoms with Gasteiger partial charge in [0.05, 0.1) is 7.11 Å². The van der Waals surface area contributed by atoms with Gasteiger partial charge in [-0.15, -0.1) is 5.26 Å². The van der Waals surface area contributed by atoms with Crippen LogP contribution in [-0.4, -0.2) is 12.2 Å². The molecular formula is C8H7NO3. The fourth-order valence-corrected chi connectivity index (χ4v) is 0.839. The predicted molar refractivity (Wildman–Crippen MR) is 40.9 cm³/mol. The summed E-state index contributed by atoms with van der Waals surface area (Å²) in [4.78, 5) is 0. The number of para-hydroxylation sites is 1. The van der Waals surface area contributed by atoms with E-state index in [-0.39, 0.29) is 17.2 Å². The molecule has 0 saturated heterocycles. The SMILES string of the molecule is COc1c(O)cccc1OC#N. The van der Waals surface area contributed by atoms with E-state index in [4.69, 9.17) is 10.00 Å². The number of aromatic hydroxyl groups is 1. The first-order valence-corrected chi connectivity index (χ1v) is 3.21. The van der Waals surface area contributed by atoms with E-state index in [1.54, 1.807) is 6.07 Å². The summed E-state index contributed by atoms with van der Waals surface area (Å²) in [5, 5.41) is 17.4. The number of benzene rings is 1. The van der Waals surface area contributed by atoms with Crippen molar-refractivity contribution in [2.45, 2.75) is 0 Å². The highest BCUT2D eigenvalue weighted by atomic mass is 16.5. The summed E-state index contributed by atoms with van der Waals surface area (Å²) in [7, 11) is 1.39. The minimum atomic E-state index is -0.0507. The van der Waals surface area contributed by atoms with Crippen LogP contribution in [0.25, 0.3) is 0 Å². The Bertz CT molecular complexity index is 317. The summed E-state index contributed by atoms with van der Waals surface area (Å²) < 4.78 is 9.33. The van der Waals surface area contributed by atoms with Gasteiger partial charge < -0.3 is 14.6 Å². The van der Waals surface area contributed by atoms with Crippen molar-refractivity contribution in [3.05, 3.63) is 18.2 Å². The molecule has 0 aromatic heterocycles. The molecule has 0 unspecified atom stereocenters. The van der Waals surface area contributed by atoms with Gasteiger partial charge in [-0.1, -0.05) is 6.07 Å². The molecular weight excluding hydrogens is 158 g/mol. The third-order valence-electron chi connectivity index (χ3n) is 1.32. The van der Waals surface area contributed by atoms with Crippen LogP contribution in [0.4, 0.5) is 0 Å². The molecule has 1 aromatic carbocycles. The summed E-state index contributed by atoms with van der Waals surface area (Å²) in [6.45, 7) is 0. The van der Waals surface area contributed by atoms with Crippen molar-refractivity contribution in [3.8, 4) is 23.5 Å². The van der Waals surface area contributed by atoms with E-state index in [1.165, 1.54) is 25.5 Å². The largest absolute Gasteiger partial charge is 0.504 e. The number of nitriles is 1. The van der Waals surface area contributed by atoms with Gasteiger partial charge in [0.2, 0.25) is 5.75 Å². The quantitative estimate of drug-likeness (QED) is 0.670. The van der Waals surface area contributed by atoms with Crippen LogP contribution in [0.3, 0.4) is 0 Å². The molecule has 0 heterocycles. The molecule has 0 aliphatic heterocycles. The smallest absolute Gasteiger partial charge is 0.292 e. The van der Waals surface area contributed by atoms with Crippen molar-refractivity contribution in [2.75, 3.05) is 7.11 Å². The Morgan fingerprint density at radius 2 is 2.25 bits per heavy atom. The van der Waals surface area contributed by atoms with Gasteiger partial charge in [0.25, 0.3) is 6.26 Å². The average molecular weight is 165 g/mol. The standard InChI is InChI=1S/C8H7NO3/c1-11-8-6(10)3-2-4-7(8)12-5-9/h2-4,10H,1H3. The summed E-state index contributed by atoms with van der Waals surface area (Å²) in [6.07, 6.45) is 1.49. The molecule has 0 saturated carbocycles. The zero-order valence-electron chi connectivity index (χ0n) is 6.44. The summed E-state index contributed by atoms with van der Waals surface area (Å²) >= 11 is 0. The number of rotatable bonds is 2. The molecule has 0 bridgehead atoms. The van der Waals surface area contributed by atoms with Crippen LogP contribution in [0.1, 0.15) is 0 Å². The van der Waals surface area contributed by atoms with E-state index in [9.17, 15) is 5.11 Å². The van der Waals surface area contributed by atoms with Crippen LogP contribution in [0.2, 0.25) is 0 Å². The molecule has 0 atom stereocenters. The molecule has 1 N–H and O–H groups in total. The van der Waals surface area contributed by atoms with Crippen LogP contribution < -0.4 is 9.47 Å². The molecule has 0 aliphatic carbocycles. The van der Waals surface area contributed by atoms with Crippen molar-refractivity contribution in [3.63, 3.8) is 0 Å². The van der Waals surface area contributed by atoms with Crippen molar-refractivity contribution in [1.29, 1.82) is 5.26 Å². The first-order valence-electron chi connectivity index (χ1n) is 3.21. The Kier molecular flexibility index (Phi) is 2.38. The van der Waals surface area contributed by atoms with Crippen LogP contribution in [-0.2, 0) is 0 Å². The Hall–Kier alpha value is -1.89. The molecule has 0 aliphatic rings. The van der Waals surface area contributed by atoms with E-state index >= 15 is 0 Å². The van der Waals surface area contributed by atoms with Gasteiger partial charge in [-0.2, -0.15) is 0 Å². The number of phenols is 1. The highest BCUT2D eigenvalue weighted by molar-refractivity contribution is 5.50. The number of ether oxygens (including phenoxy) is 2. The second-order valence-electron chi connectivity index (χ2n) is 2.00. The van der Waals surface area contributed by atoms with E-state index < -0.39 is 0 Å². The maximum absolute atomic E-state index is 9.20. The predicted octanol–water partition coefficient (Wildman–Crippen LogP) is 1.26. The lowest BCUT2D eigenvalue weighted by molar-refractivity contribution is 0.352. The third-order valence-corrected chi connectivity index (χ3v) is 1.32. The zero-order valence-corrected chi connectivity index (χ0v) is 6.44. The lowest BCUT2D eigenvalue weighted by Crippen LogP contribution is -1.89. The van der Waals surface area contributed by atoms with Gasteiger partial charge in [-0.3, -0.25) is 0 Å². The monoisotopic (exact) mass is 165 g/mol. The normalized spacial score (nSPS) is 8.67. The molecule has 0 fully saturated rings. The van der Waals surface area contributed by atoms with Gasteiger partial charge in [-0.25, -0.2) is 0 Å². The van der Waals surface area contributed by atoms with Gasteiger partial charge in [0.1, 0.15) is 0 Å². The maximum Gasteiger partial charge on any atom is 0.292 e. The van der Waals surface area contributed by atoms with Gasteiger partial charge in [0, 0.05) is 0 Å². The maximum atomic E-state index is 9.20. The van der Waals surface area contributed by atoms with Gasteiger partial charge >= 0.3 is 0 Å². The molecule has 1 rings (SSSR count). The lowest BCUT2D eigenvalue weighted by Gasteiger charge is -2.05. The fourth-order valence-electron chi connectivity index (χ4n) is 0.839. The Morgan fingerprint density at radius 3 is 2.83 bits per heavy atom. The molecule has 0 amide bonds.